The molecule has 1 aliphatic rings. The molecule has 0 aromatic carbocycles. The van der Waals surface area contributed by atoms with Crippen molar-refractivity contribution >= 4 is 6.21 Å². The molecule has 4 unspecified atom stereocenters. The molecule has 0 aromatic heterocycles. The first kappa shape index (κ1) is 12.9. The molecular weight excluding hydrogens is 212 g/mol. The first-order chi connectivity index (χ1) is 7.56. The Morgan fingerprint density at radius 3 is 2.62 bits per heavy atom. The zero-order valence-electron chi connectivity index (χ0n) is 8.73. The molecule has 0 amide bonds. The minimum atomic E-state index is -1.14. The van der Waals surface area contributed by atoms with Gasteiger partial charge in [0.1, 0.15) is 18.3 Å². The number of rotatable bonds is 4. The van der Waals surface area contributed by atoms with Crippen LogP contribution in [0.2, 0.25) is 0 Å². The number of aliphatic imine (C=N–C) groups is 1. The molecule has 6 nitrogen and oxygen atoms in total. The smallest absolute Gasteiger partial charge is 0.177 e. The average molecular weight is 228 g/mol. The number of nitrogens with zero attached hydrogens (tertiary/aromatic N) is 1. The Morgan fingerprint density at radius 1 is 1.44 bits per heavy atom. The van der Waals surface area contributed by atoms with Gasteiger partial charge in [0.15, 0.2) is 6.23 Å². The summed E-state index contributed by atoms with van der Waals surface area (Å²) in [6.07, 6.45) is 0.525. The summed E-state index contributed by atoms with van der Waals surface area (Å²) in [5, 5.41) is 27.7. The number of aliphatic hydroxyl groups is 3. The Morgan fingerprint density at radius 2 is 2.12 bits per heavy atom. The van der Waals surface area contributed by atoms with Gasteiger partial charge in [-0.25, -0.2) is 0 Å². The number of hydrogen-bond acceptors (Lipinski definition) is 6. The second-order valence-electron chi connectivity index (χ2n) is 3.46. The van der Waals surface area contributed by atoms with Gasteiger partial charge in [-0.15, -0.1) is 0 Å². The molecular formula is C10H16N2O4. The number of nitrogens with two attached hydrogens (primary N) is 1. The fraction of sp³-hybridized carbons (Fsp3) is 0.500. The highest BCUT2D eigenvalue weighted by Gasteiger charge is 2.41. The molecule has 0 aliphatic carbocycles. The van der Waals surface area contributed by atoms with Gasteiger partial charge in [-0.2, -0.15) is 0 Å². The van der Waals surface area contributed by atoms with E-state index in [0.29, 0.717) is 5.70 Å². The van der Waals surface area contributed by atoms with Crippen LogP contribution in [0.5, 0.6) is 0 Å². The largest absolute Gasteiger partial charge is 0.399 e. The summed E-state index contributed by atoms with van der Waals surface area (Å²) < 4.78 is 5.11. The Balaban J connectivity index is 2.53. The van der Waals surface area contributed by atoms with Gasteiger partial charge < -0.3 is 25.8 Å². The molecule has 1 fully saturated rings. The molecule has 6 heteroatoms. The van der Waals surface area contributed by atoms with Crippen molar-refractivity contribution in [2.24, 2.45) is 10.7 Å². The summed E-state index contributed by atoms with van der Waals surface area (Å²) in [4.78, 5) is 3.87. The zero-order chi connectivity index (χ0) is 12.1. The van der Waals surface area contributed by atoms with E-state index in [-0.39, 0.29) is 6.61 Å². The topological polar surface area (TPSA) is 108 Å². The van der Waals surface area contributed by atoms with E-state index in [1.165, 1.54) is 18.4 Å². The third kappa shape index (κ3) is 3.14. The molecule has 0 saturated carbocycles. The van der Waals surface area contributed by atoms with Crippen molar-refractivity contribution in [3.05, 3.63) is 24.4 Å². The maximum Gasteiger partial charge on any atom is 0.177 e. The predicted molar refractivity (Wildman–Crippen MR) is 58.7 cm³/mol. The van der Waals surface area contributed by atoms with E-state index in [1.54, 1.807) is 0 Å². The minimum absolute atomic E-state index is 0.361. The fourth-order valence-corrected chi connectivity index (χ4v) is 1.30. The van der Waals surface area contributed by atoms with E-state index < -0.39 is 24.5 Å². The summed E-state index contributed by atoms with van der Waals surface area (Å²) >= 11 is 0. The first-order valence-corrected chi connectivity index (χ1v) is 4.83. The molecule has 90 valence electrons. The van der Waals surface area contributed by atoms with Crippen LogP contribution in [0.1, 0.15) is 0 Å². The normalized spacial score (nSPS) is 35.2. The summed E-state index contributed by atoms with van der Waals surface area (Å²) in [7, 11) is 0. The van der Waals surface area contributed by atoms with Crippen molar-refractivity contribution in [2.45, 2.75) is 24.5 Å². The van der Waals surface area contributed by atoms with Crippen LogP contribution in [-0.2, 0) is 4.74 Å². The van der Waals surface area contributed by atoms with Crippen molar-refractivity contribution in [1.82, 2.24) is 0 Å². The van der Waals surface area contributed by atoms with Crippen LogP contribution in [0.25, 0.3) is 0 Å². The molecule has 0 aromatic rings. The number of aliphatic hydroxyl groups excluding tert-OH is 3. The first-order valence-electron chi connectivity index (χ1n) is 4.83. The van der Waals surface area contributed by atoms with Crippen LogP contribution in [-0.4, -0.2) is 52.7 Å². The standard InChI is InChI=1S/C10H16N2O4/c1-6(11)3-2-4-12-10-9(15)8(14)7(5-13)16-10/h2-4,7-10,13-15H,1,5,11H2/b3-2-,12-4?. The average Bonchev–Trinajstić information content (AvgIpc) is 2.51. The van der Waals surface area contributed by atoms with Crippen LogP contribution < -0.4 is 5.73 Å². The van der Waals surface area contributed by atoms with Gasteiger partial charge >= 0.3 is 0 Å². The Hall–Kier alpha value is -1.21. The molecule has 1 aliphatic heterocycles. The van der Waals surface area contributed by atoms with Gasteiger partial charge in [0.05, 0.1) is 6.61 Å². The van der Waals surface area contributed by atoms with Crippen LogP contribution in [0, 0.1) is 0 Å². The maximum atomic E-state index is 9.50. The molecule has 0 spiro atoms. The summed E-state index contributed by atoms with van der Waals surface area (Å²) in [5.74, 6) is 0. The number of ether oxygens (including phenoxy) is 1. The summed E-state index contributed by atoms with van der Waals surface area (Å²) in [5.41, 5.74) is 5.67. The third-order valence-electron chi connectivity index (χ3n) is 2.15. The predicted octanol–water partition coefficient (Wildman–Crippen LogP) is -1.48. The summed E-state index contributed by atoms with van der Waals surface area (Å²) in [6.45, 7) is 3.09. The van der Waals surface area contributed by atoms with Gasteiger partial charge in [-0.3, -0.25) is 4.99 Å². The van der Waals surface area contributed by atoms with Crippen LogP contribution in [0.3, 0.4) is 0 Å². The second kappa shape index (κ2) is 5.76. The maximum absolute atomic E-state index is 9.50. The van der Waals surface area contributed by atoms with Gasteiger partial charge in [0, 0.05) is 11.9 Å². The Bertz CT molecular complexity index is 303. The SMILES string of the molecule is C=C(N)/C=C\C=NC1OC(CO)C(O)C1O. The molecule has 0 radical (unpaired) electrons. The highest BCUT2D eigenvalue weighted by atomic mass is 16.6. The fourth-order valence-electron chi connectivity index (χ4n) is 1.30. The Kier molecular flexibility index (Phi) is 4.63. The highest BCUT2D eigenvalue weighted by Crippen LogP contribution is 2.21. The van der Waals surface area contributed by atoms with Crippen LogP contribution in [0.4, 0.5) is 0 Å². The van der Waals surface area contributed by atoms with Crippen molar-refractivity contribution < 1.29 is 20.1 Å². The minimum Gasteiger partial charge on any atom is -0.399 e. The van der Waals surface area contributed by atoms with E-state index in [4.69, 9.17) is 15.6 Å². The van der Waals surface area contributed by atoms with Crippen LogP contribution >= 0.6 is 0 Å². The van der Waals surface area contributed by atoms with Crippen molar-refractivity contribution in [3.8, 4) is 0 Å². The molecule has 1 heterocycles. The van der Waals surface area contributed by atoms with Crippen LogP contribution in [0.15, 0.2) is 29.4 Å². The van der Waals surface area contributed by atoms with Gasteiger partial charge in [-0.1, -0.05) is 6.58 Å². The highest BCUT2D eigenvalue weighted by molar-refractivity contribution is 5.71. The lowest BCUT2D eigenvalue weighted by atomic mass is 10.1. The quantitative estimate of drug-likeness (QED) is 0.347. The third-order valence-corrected chi connectivity index (χ3v) is 2.15. The Labute approximate surface area is 93.4 Å². The van der Waals surface area contributed by atoms with E-state index in [1.807, 2.05) is 0 Å². The molecule has 4 atom stereocenters. The lowest BCUT2D eigenvalue weighted by Gasteiger charge is -2.09. The van der Waals surface area contributed by atoms with E-state index in [2.05, 4.69) is 11.6 Å². The zero-order valence-corrected chi connectivity index (χ0v) is 8.73. The summed E-state index contributed by atoms with van der Waals surface area (Å²) in [6, 6.07) is 0. The van der Waals surface area contributed by atoms with Crippen molar-refractivity contribution in [3.63, 3.8) is 0 Å². The molecule has 5 N–H and O–H groups in total. The monoisotopic (exact) mass is 228 g/mol. The lowest BCUT2D eigenvalue weighted by molar-refractivity contribution is -0.0192. The molecule has 1 saturated heterocycles. The van der Waals surface area contributed by atoms with E-state index >= 15 is 0 Å². The van der Waals surface area contributed by atoms with Crippen molar-refractivity contribution in [2.75, 3.05) is 6.61 Å². The van der Waals surface area contributed by atoms with Gasteiger partial charge in [-0.05, 0) is 12.2 Å². The molecule has 0 bridgehead atoms. The second-order valence-corrected chi connectivity index (χ2v) is 3.46. The van der Waals surface area contributed by atoms with Gasteiger partial charge in [0.2, 0.25) is 0 Å². The van der Waals surface area contributed by atoms with E-state index in [9.17, 15) is 10.2 Å². The van der Waals surface area contributed by atoms with Crippen molar-refractivity contribution in [1.29, 1.82) is 0 Å². The lowest BCUT2D eigenvalue weighted by Crippen LogP contribution is -2.33. The number of hydrogen-bond donors (Lipinski definition) is 4. The van der Waals surface area contributed by atoms with E-state index in [0.717, 1.165) is 0 Å². The molecule has 1 rings (SSSR count). The molecule has 16 heavy (non-hydrogen) atoms. The van der Waals surface area contributed by atoms with Gasteiger partial charge in [0.25, 0.3) is 0 Å². The number of allylic oxidation sites excluding steroid dienone is 2.